The Labute approximate surface area is 157 Å². The highest BCUT2D eigenvalue weighted by atomic mass is 19.1. The maximum absolute atomic E-state index is 13.1. The molecular weight excluding hydrogens is 343 g/mol. The van der Waals surface area contributed by atoms with Crippen molar-refractivity contribution >= 4 is 5.91 Å². The molecule has 0 aliphatic carbocycles. The number of aromatic amines is 1. The van der Waals surface area contributed by atoms with Gasteiger partial charge in [0.2, 0.25) is 0 Å². The van der Waals surface area contributed by atoms with E-state index in [2.05, 4.69) is 15.2 Å². The van der Waals surface area contributed by atoms with Crippen molar-refractivity contribution in [3.8, 4) is 11.3 Å². The van der Waals surface area contributed by atoms with Gasteiger partial charge >= 0.3 is 0 Å². The molecule has 1 N–H and O–H groups in total. The molecule has 0 saturated carbocycles. The van der Waals surface area contributed by atoms with Crippen LogP contribution in [0, 0.1) is 12.7 Å². The lowest BCUT2D eigenvalue weighted by Crippen LogP contribution is -2.39. The first-order valence-corrected chi connectivity index (χ1v) is 9.14. The van der Waals surface area contributed by atoms with Gasteiger partial charge in [-0.1, -0.05) is 0 Å². The van der Waals surface area contributed by atoms with E-state index in [0.29, 0.717) is 12.1 Å². The zero-order valence-electron chi connectivity index (χ0n) is 15.2. The second-order valence-corrected chi connectivity index (χ2v) is 6.94. The van der Waals surface area contributed by atoms with Crippen LogP contribution >= 0.6 is 0 Å². The summed E-state index contributed by atoms with van der Waals surface area (Å²) in [4.78, 5) is 19.0. The molecule has 2 aromatic heterocycles. The summed E-state index contributed by atoms with van der Waals surface area (Å²) >= 11 is 0. The molecule has 1 fully saturated rings. The smallest absolute Gasteiger partial charge is 0.255 e. The number of nitrogens with zero attached hydrogens (tertiary/aromatic N) is 3. The molecule has 4 rings (SSSR count). The number of amides is 1. The molecule has 6 heteroatoms. The molecule has 0 unspecified atom stereocenters. The Kier molecular flexibility index (Phi) is 4.71. The number of hydrogen-bond acceptors (Lipinski definition) is 3. The van der Waals surface area contributed by atoms with E-state index in [1.807, 2.05) is 24.0 Å². The third-order valence-corrected chi connectivity index (χ3v) is 5.12. The number of carbonyl (C=O) groups is 1. The molecule has 1 aromatic carbocycles. The van der Waals surface area contributed by atoms with E-state index in [0.717, 1.165) is 42.0 Å². The average Bonchev–Trinajstić information content (AvgIpc) is 3.19. The highest BCUT2D eigenvalue weighted by Crippen LogP contribution is 2.29. The molecule has 0 bridgehead atoms. The van der Waals surface area contributed by atoms with Crippen LogP contribution in [0.1, 0.15) is 40.5 Å². The quantitative estimate of drug-likeness (QED) is 0.766. The number of piperidine rings is 1. The van der Waals surface area contributed by atoms with Gasteiger partial charge in [-0.15, -0.1) is 0 Å². The summed E-state index contributed by atoms with van der Waals surface area (Å²) in [5, 5.41) is 7.48. The van der Waals surface area contributed by atoms with Gasteiger partial charge in [-0.25, -0.2) is 4.39 Å². The molecule has 1 aliphatic heterocycles. The molecule has 3 aromatic rings. The van der Waals surface area contributed by atoms with Crippen molar-refractivity contribution in [2.45, 2.75) is 25.7 Å². The first-order chi connectivity index (χ1) is 13.1. The largest absolute Gasteiger partial charge is 0.338 e. The second-order valence-electron chi connectivity index (χ2n) is 6.94. The Morgan fingerprint density at radius 3 is 2.85 bits per heavy atom. The van der Waals surface area contributed by atoms with Crippen LogP contribution in [0.25, 0.3) is 11.3 Å². The zero-order chi connectivity index (χ0) is 18.8. The first kappa shape index (κ1) is 17.4. The number of aryl methyl sites for hydroxylation is 1. The van der Waals surface area contributed by atoms with E-state index in [-0.39, 0.29) is 17.6 Å². The monoisotopic (exact) mass is 364 g/mol. The molecule has 138 valence electrons. The summed E-state index contributed by atoms with van der Waals surface area (Å²) in [5.41, 5.74) is 4.08. The Morgan fingerprint density at radius 1 is 1.26 bits per heavy atom. The first-order valence-electron chi connectivity index (χ1n) is 9.14. The zero-order valence-corrected chi connectivity index (χ0v) is 15.2. The highest BCUT2D eigenvalue weighted by Gasteiger charge is 2.27. The van der Waals surface area contributed by atoms with E-state index in [1.54, 1.807) is 24.4 Å². The number of hydrogen-bond donors (Lipinski definition) is 1. The van der Waals surface area contributed by atoms with E-state index >= 15 is 0 Å². The van der Waals surface area contributed by atoms with Crippen LogP contribution in [-0.2, 0) is 0 Å². The van der Waals surface area contributed by atoms with E-state index in [9.17, 15) is 9.18 Å². The molecule has 0 spiro atoms. The van der Waals surface area contributed by atoms with Crippen molar-refractivity contribution in [2.24, 2.45) is 0 Å². The number of H-pyrrole nitrogens is 1. The van der Waals surface area contributed by atoms with Gasteiger partial charge < -0.3 is 4.90 Å². The van der Waals surface area contributed by atoms with Crippen LogP contribution in [-0.4, -0.2) is 39.1 Å². The molecule has 27 heavy (non-hydrogen) atoms. The third-order valence-electron chi connectivity index (χ3n) is 5.12. The van der Waals surface area contributed by atoms with E-state index < -0.39 is 0 Å². The van der Waals surface area contributed by atoms with Gasteiger partial charge in [-0.3, -0.25) is 14.9 Å². The normalized spacial score (nSPS) is 17.1. The van der Waals surface area contributed by atoms with Crippen LogP contribution in [0.4, 0.5) is 4.39 Å². The SMILES string of the molecule is Cc1ncccc1C(=O)N1CCC[C@H](c2cc(-c3ccc(F)cc3)n[nH]2)C1. The molecule has 3 heterocycles. The summed E-state index contributed by atoms with van der Waals surface area (Å²) in [6.45, 7) is 3.26. The molecular formula is C21H21FN4O. The van der Waals surface area contributed by atoms with Crippen molar-refractivity contribution < 1.29 is 9.18 Å². The third kappa shape index (κ3) is 3.60. The van der Waals surface area contributed by atoms with Crippen LogP contribution in [0.3, 0.4) is 0 Å². The minimum atomic E-state index is -0.262. The standard InChI is InChI=1S/C21H21FN4O/c1-14-18(5-2-10-23-14)21(27)26-11-3-4-16(13-26)20-12-19(24-25-20)15-6-8-17(22)9-7-15/h2,5-10,12,16H,3-4,11,13H2,1H3,(H,24,25)/t16-/m0/s1. The van der Waals surface area contributed by atoms with Crippen molar-refractivity contribution in [3.63, 3.8) is 0 Å². The van der Waals surface area contributed by atoms with Gasteiger partial charge in [0.1, 0.15) is 5.82 Å². The predicted octanol–water partition coefficient (Wildman–Crippen LogP) is 3.94. The average molecular weight is 364 g/mol. The number of rotatable bonds is 3. The highest BCUT2D eigenvalue weighted by molar-refractivity contribution is 5.95. The van der Waals surface area contributed by atoms with E-state index in [4.69, 9.17) is 0 Å². The summed E-state index contributed by atoms with van der Waals surface area (Å²) in [6.07, 6.45) is 3.65. The number of halogens is 1. The van der Waals surface area contributed by atoms with Gasteiger partial charge in [0.25, 0.3) is 5.91 Å². The fraction of sp³-hybridized carbons (Fsp3) is 0.286. The minimum Gasteiger partial charge on any atom is -0.338 e. The van der Waals surface area contributed by atoms with Crippen molar-refractivity contribution in [1.29, 1.82) is 0 Å². The van der Waals surface area contributed by atoms with E-state index in [1.165, 1.54) is 12.1 Å². The molecule has 1 atom stereocenters. The number of aromatic nitrogens is 3. The molecule has 0 radical (unpaired) electrons. The lowest BCUT2D eigenvalue weighted by atomic mass is 9.93. The lowest BCUT2D eigenvalue weighted by Gasteiger charge is -2.32. The van der Waals surface area contributed by atoms with Crippen molar-refractivity contribution in [1.82, 2.24) is 20.1 Å². The van der Waals surface area contributed by atoms with Crippen LogP contribution in [0.5, 0.6) is 0 Å². The number of benzene rings is 1. The predicted molar refractivity (Wildman–Crippen MR) is 101 cm³/mol. The molecule has 1 amide bonds. The Hall–Kier alpha value is -3.02. The fourth-order valence-corrected chi connectivity index (χ4v) is 3.61. The van der Waals surface area contributed by atoms with Crippen molar-refractivity contribution in [3.05, 3.63) is 71.4 Å². The Morgan fingerprint density at radius 2 is 2.07 bits per heavy atom. The molecule has 1 saturated heterocycles. The van der Waals surface area contributed by atoms with Crippen LogP contribution in [0.2, 0.25) is 0 Å². The summed E-state index contributed by atoms with van der Waals surface area (Å²) < 4.78 is 13.1. The fourth-order valence-electron chi connectivity index (χ4n) is 3.61. The van der Waals surface area contributed by atoms with Crippen LogP contribution in [0.15, 0.2) is 48.7 Å². The van der Waals surface area contributed by atoms with Gasteiger partial charge in [0.05, 0.1) is 11.3 Å². The van der Waals surface area contributed by atoms with Gasteiger partial charge in [-0.05, 0) is 62.2 Å². The number of carbonyl (C=O) groups excluding carboxylic acids is 1. The topological polar surface area (TPSA) is 61.9 Å². The number of pyridine rings is 1. The van der Waals surface area contributed by atoms with Gasteiger partial charge in [-0.2, -0.15) is 5.10 Å². The summed E-state index contributed by atoms with van der Waals surface area (Å²) in [6, 6.07) is 11.9. The lowest BCUT2D eigenvalue weighted by molar-refractivity contribution is 0.0704. The number of likely N-dealkylation sites (tertiary alicyclic amines) is 1. The van der Waals surface area contributed by atoms with Gasteiger partial charge in [0, 0.05) is 42.2 Å². The Balaban J connectivity index is 1.51. The Bertz CT molecular complexity index is 951. The second kappa shape index (κ2) is 7.31. The summed E-state index contributed by atoms with van der Waals surface area (Å²) in [5.74, 6) is -0.0217. The molecule has 1 aliphatic rings. The maximum atomic E-state index is 13.1. The van der Waals surface area contributed by atoms with Crippen LogP contribution < -0.4 is 0 Å². The van der Waals surface area contributed by atoms with Gasteiger partial charge in [0.15, 0.2) is 0 Å². The molecule has 5 nitrogen and oxygen atoms in total. The minimum absolute atomic E-state index is 0.0311. The maximum Gasteiger partial charge on any atom is 0.255 e. The van der Waals surface area contributed by atoms with Crippen molar-refractivity contribution in [2.75, 3.05) is 13.1 Å². The number of nitrogens with one attached hydrogen (secondary N) is 1. The summed E-state index contributed by atoms with van der Waals surface area (Å²) in [7, 11) is 0.